The Morgan fingerprint density at radius 2 is 2.13 bits per heavy atom. The summed E-state index contributed by atoms with van der Waals surface area (Å²) in [7, 11) is 0. The fraction of sp³-hybridized carbons (Fsp3) is 0.375. The third-order valence-electron chi connectivity index (χ3n) is 1.65. The molecule has 0 saturated heterocycles. The van der Waals surface area contributed by atoms with Gasteiger partial charge in [-0.05, 0) is 28.3 Å². The van der Waals surface area contributed by atoms with Crippen molar-refractivity contribution in [3.05, 3.63) is 22.3 Å². The van der Waals surface area contributed by atoms with E-state index in [0.29, 0.717) is 9.50 Å². The van der Waals surface area contributed by atoms with Crippen molar-refractivity contribution in [2.45, 2.75) is 17.3 Å². The van der Waals surface area contributed by atoms with Gasteiger partial charge < -0.3 is 5.11 Å². The van der Waals surface area contributed by atoms with E-state index in [1.165, 1.54) is 17.8 Å². The number of hydrogen-bond acceptors (Lipinski definition) is 3. The molecule has 7 heteroatoms. The van der Waals surface area contributed by atoms with Gasteiger partial charge in [0.2, 0.25) is 0 Å². The van der Waals surface area contributed by atoms with Crippen molar-refractivity contribution in [1.29, 1.82) is 0 Å². The SMILES string of the molecule is CSc1ncc(C(O)C(F)(F)F)cc1Br. The van der Waals surface area contributed by atoms with E-state index < -0.39 is 12.3 Å². The van der Waals surface area contributed by atoms with E-state index in [2.05, 4.69) is 20.9 Å². The Hall–Kier alpha value is -0.270. The molecule has 15 heavy (non-hydrogen) atoms. The molecule has 1 aromatic heterocycles. The van der Waals surface area contributed by atoms with Crippen LogP contribution in [-0.4, -0.2) is 22.5 Å². The molecule has 0 spiro atoms. The highest BCUT2D eigenvalue weighted by Gasteiger charge is 2.39. The van der Waals surface area contributed by atoms with E-state index in [1.54, 1.807) is 6.26 Å². The summed E-state index contributed by atoms with van der Waals surface area (Å²) in [6.07, 6.45) is -4.37. The molecule has 0 aliphatic rings. The summed E-state index contributed by atoms with van der Waals surface area (Å²) in [5.74, 6) is 0. The lowest BCUT2D eigenvalue weighted by Gasteiger charge is -2.15. The Morgan fingerprint density at radius 3 is 2.53 bits per heavy atom. The number of alkyl halides is 3. The predicted molar refractivity (Wildman–Crippen MR) is 54.7 cm³/mol. The Labute approximate surface area is 97.0 Å². The van der Waals surface area contributed by atoms with E-state index >= 15 is 0 Å². The first-order chi connectivity index (χ1) is 6.86. The maximum absolute atomic E-state index is 12.2. The van der Waals surface area contributed by atoms with Gasteiger partial charge in [0, 0.05) is 11.8 Å². The molecule has 1 aromatic rings. The van der Waals surface area contributed by atoms with E-state index in [4.69, 9.17) is 5.11 Å². The van der Waals surface area contributed by atoms with Crippen molar-refractivity contribution in [2.24, 2.45) is 0 Å². The molecule has 1 rings (SSSR count). The standard InChI is InChI=1S/C8H7BrF3NOS/c1-15-7-5(9)2-4(3-13-7)6(14)8(10,11)12/h2-3,6,14H,1H3. The van der Waals surface area contributed by atoms with Gasteiger partial charge in [-0.15, -0.1) is 11.8 Å². The molecule has 1 N–H and O–H groups in total. The Bertz CT molecular complexity index is 358. The first kappa shape index (κ1) is 12.8. The topological polar surface area (TPSA) is 33.1 Å². The van der Waals surface area contributed by atoms with Crippen LogP contribution in [0.4, 0.5) is 13.2 Å². The molecule has 2 nitrogen and oxygen atoms in total. The number of rotatable bonds is 2. The predicted octanol–water partition coefficient (Wildman–Crippen LogP) is 3.16. The van der Waals surface area contributed by atoms with E-state index in [-0.39, 0.29) is 5.56 Å². The van der Waals surface area contributed by atoms with Crippen molar-refractivity contribution in [3.63, 3.8) is 0 Å². The highest BCUT2D eigenvalue weighted by molar-refractivity contribution is 9.10. The number of pyridine rings is 1. The second-order valence-corrected chi connectivity index (χ2v) is 4.35. The van der Waals surface area contributed by atoms with Crippen LogP contribution in [0.25, 0.3) is 0 Å². The average Bonchev–Trinajstić information content (AvgIpc) is 2.15. The van der Waals surface area contributed by atoms with Crippen molar-refractivity contribution in [1.82, 2.24) is 4.98 Å². The van der Waals surface area contributed by atoms with Crippen LogP contribution in [0.1, 0.15) is 11.7 Å². The molecule has 84 valence electrons. The second-order valence-electron chi connectivity index (χ2n) is 2.70. The van der Waals surface area contributed by atoms with Crippen LogP contribution in [0, 0.1) is 0 Å². The van der Waals surface area contributed by atoms with Gasteiger partial charge in [0.25, 0.3) is 0 Å². The van der Waals surface area contributed by atoms with Gasteiger partial charge in [-0.2, -0.15) is 13.2 Å². The zero-order valence-corrected chi connectivity index (χ0v) is 9.95. The molecule has 0 fully saturated rings. The van der Waals surface area contributed by atoms with Crippen LogP contribution in [0.2, 0.25) is 0 Å². The lowest BCUT2D eigenvalue weighted by Crippen LogP contribution is -2.20. The minimum absolute atomic E-state index is 0.271. The fourth-order valence-corrected chi connectivity index (χ4v) is 2.19. The molecule has 1 heterocycles. The summed E-state index contributed by atoms with van der Waals surface area (Å²) >= 11 is 4.38. The van der Waals surface area contributed by atoms with Crippen LogP contribution >= 0.6 is 27.7 Å². The molecule has 1 atom stereocenters. The fourth-order valence-electron chi connectivity index (χ4n) is 0.929. The van der Waals surface area contributed by atoms with E-state index in [9.17, 15) is 13.2 Å². The van der Waals surface area contributed by atoms with Gasteiger partial charge >= 0.3 is 6.18 Å². The molecule has 0 aliphatic carbocycles. The molecule has 0 bridgehead atoms. The molecular formula is C8H7BrF3NOS. The highest BCUT2D eigenvalue weighted by Crippen LogP contribution is 2.34. The number of aromatic nitrogens is 1. The molecular weight excluding hydrogens is 295 g/mol. The molecule has 0 amide bonds. The van der Waals surface area contributed by atoms with E-state index in [0.717, 1.165) is 6.20 Å². The molecule has 0 radical (unpaired) electrons. The Morgan fingerprint density at radius 1 is 1.53 bits per heavy atom. The van der Waals surface area contributed by atoms with Crippen LogP contribution in [-0.2, 0) is 0 Å². The molecule has 0 saturated carbocycles. The lowest BCUT2D eigenvalue weighted by molar-refractivity contribution is -0.206. The summed E-state index contributed by atoms with van der Waals surface area (Å²) in [6.45, 7) is 0. The van der Waals surface area contributed by atoms with Crippen LogP contribution in [0.15, 0.2) is 21.8 Å². The minimum Gasteiger partial charge on any atom is -0.379 e. The van der Waals surface area contributed by atoms with Crippen LogP contribution in [0.5, 0.6) is 0 Å². The second kappa shape index (κ2) is 4.71. The third-order valence-corrected chi connectivity index (χ3v) is 3.23. The zero-order valence-electron chi connectivity index (χ0n) is 7.55. The summed E-state index contributed by atoms with van der Waals surface area (Å²) in [4.78, 5) is 3.79. The zero-order chi connectivity index (χ0) is 11.6. The number of halogens is 4. The first-order valence-electron chi connectivity index (χ1n) is 3.80. The van der Waals surface area contributed by atoms with E-state index in [1.807, 2.05) is 0 Å². The number of nitrogens with zero attached hydrogens (tertiary/aromatic N) is 1. The quantitative estimate of drug-likeness (QED) is 0.852. The van der Waals surface area contributed by atoms with Gasteiger partial charge in [0.05, 0.1) is 4.47 Å². The van der Waals surface area contributed by atoms with Crippen molar-refractivity contribution in [2.75, 3.05) is 6.26 Å². The first-order valence-corrected chi connectivity index (χ1v) is 5.82. The summed E-state index contributed by atoms with van der Waals surface area (Å²) in [5, 5.41) is 9.53. The van der Waals surface area contributed by atoms with Crippen LogP contribution in [0.3, 0.4) is 0 Å². The third kappa shape index (κ3) is 3.09. The number of thioether (sulfide) groups is 1. The Kier molecular flexibility index (Phi) is 4.02. The van der Waals surface area contributed by atoms with Crippen molar-refractivity contribution >= 4 is 27.7 Å². The Balaban J connectivity index is 3.02. The van der Waals surface area contributed by atoms with Gasteiger partial charge in [-0.3, -0.25) is 0 Å². The summed E-state index contributed by atoms with van der Waals surface area (Å²) in [5.41, 5.74) is -0.271. The van der Waals surface area contributed by atoms with Gasteiger partial charge in [0.15, 0.2) is 6.10 Å². The van der Waals surface area contributed by atoms with Crippen LogP contribution < -0.4 is 0 Å². The minimum atomic E-state index is -4.66. The molecule has 0 aromatic carbocycles. The summed E-state index contributed by atoms with van der Waals surface area (Å²) < 4.78 is 36.9. The summed E-state index contributed by atoms with van der Waals surface area (Å²) in [6, 6.07) is 1.22. The highest BCUT2D eigenvalue weighted by atomic mass is 79.9. The van der Waals surface area contributed by atoms with Gasteiger partial charge in [0.1, 0.15) is 5.03 Å². The van der Waals surface area contributed by atoms with Crippen molar-refractivity contribution in [3.8, 4) is 0 Å². The lowest BCUT2D eigenvalue weighted by atomic mass is 10.1. The maximum atomic E-state index is 12.2. The van der Waals surface area contributed by atoms with Gasteiger partial charge in [-0.1, -0.05) is 0 Å². The maximum Gasteiger partial charge on any atom is 0.418 e. The van der Waals surface area contributed by atoms with Crippen molar-refractivity contribution < 1.29 is 18.3 Å². The number of hydrogen-bond donors (Lipinski definition) is 1. The average molecular weight is 302 g/mol. The largest absolute Gasteiger partial charge is 0.418 e. The molecule has 1 unspecified atom stereocenters. The normalized spacial score (nSPS) is 14.0. The smallest absolute Gasteiger partial charge is 0.379 e. The number of aliphatic hydroxyl groups is 1. The van der Waals surface area contributed by atoms with Gasteiger partial charge in [-0.25, -0.2) is 4.98 Å². The molecule has 0 aliphatic heterocycles. The monoisotopic (exact) mass is 301 g/mol. The number of aliphatic hydroxyl groups excluding tert-OH is 1.